The van der Waals surface area contributed by atoms with Crippen molar-refractivity contribution >= 4 is 23.4 Å². The number of allylic oxidation sites excluding steroid dienone is 1. The van der Waals surface area contributed by atoms with Crippen LogP contribution in [0.3, 0.4) is 0 Å². The van der Waals surface area contributed by atoms with Crippen LogP contribution < -0.4 is 0 Å². The van der Waals surface area contributed by atoms with Gasteiger partial charge in [0.25, 0.3) is 5.69 Å². The normalized spacial score (nSPS) is 10.8. The highest BCUT2D eigenvalue weighted by Gasteiger charge is 2.07. The highest BCUT2D eigenvalue weighted by molar-refractivity contribution is 6.17. The maximum atomic E-state index is 10.5. The van der Waals surface area contributed by atoms with E-state index in [2.05, 4.69) is 4.98 Å². The molecule has 15 heavy (non-hydrogen) atoms. The molecular weight excluding hydrogens is 216 g/mol. The summed E-state index contributed by atoms with van der Waals surface area (Å²) in [6.07, 6.45) is 5.74. The van der Waals surface area contributed by atoms with Crippen LogP contribution in [0.4, 0.5) is 5.69 Å². The van der Waals surface area contributed by atoms with Gasteiger partial charge in [0.05, 0.1) is 10.6 Å². The minimum atomic E-state index is -0.452. The molecule has 0 unspecified atom stereocenters. The molecule has 0 saturated carbocycles. The fourth-order valence-corrected chi connectivity index (χ4v) is 1.23. The minimum Gasteiger partial charge on any atom is -0.258 e. The SMILES string of the molecule is Cc1cc([N+](=O)[O-])cnc1C=CCCCl. The lowest BCUT2D eigenvalue weighted by Gasteiger charge is -1.98. The minimum absolute atomic E-state index is 0.0157. The molecule has 4 nitrogen and oxygen atoms in total. The molecule has 1 rings (SSSR count). The van der Waals surface area contributed by atoms with Gasteiger partial charge < -0.3 is 0 Å². The van der Waals surface area contributed by atoms with Crippen molar-refractivity contribution in [2.45, 2.75) is 13.3 Å². The topological polar surface area (TPSA) is 56.0 Å². The highest BCUT2D eigenvalue weighted by atomic mass is 35.5. The van der Waals surface area contributed by atoms with Gasteiger partial charge in [-0.2, -0.15) is 0 Å². The molecule has 0 radical (unpaired) electrons. The second-order valence-corrected chi connectivity index (χ2v) is 3.41. The molecule has 0 spiro atoms. The van der Waals surface area contributed by atoms with E-state index in [1.165, 1.54) is 12.3 Å². The van der Waals surface area contributed by atoms with E-state index >= 15 is 0 Å². The number of pyridine rings is 1. The Hall–Kier alpha value is -1.42. The molecule has 5 heteroatoms. The lowest BCUT2D eigenvalue weighted by atomic mass is 10.2. The molecule has 0 aliphatic carbocycles. The molecule has 0 atom stereocenters. The van der Waals surface area contributed by atoms with Gasteiger partial charge in [-0.25, -0.2) is 4.98 Å². The van der Waals surface area contributed by atoms with Gasteiger partial charge >= 0.3 is 0 Å². The first kappa shape index (κ1) is 11.7. The molecule has 0 amide bonds. The van der Waals surface area contributed by atoms with Gasteiger partial charge in [-0.15, -0.1) is 11.6 Å². The van der Waals surface area contributed by atoms with Crippen molar-refractivity contribution in [1.29, 1.82) is 0 Å². The van der Waals surface area contributed by atoms with Crippen molar-refractivity contribution in [1.82, 2.24) is 4.98 Å². The van der Waals surface area contributed by atoms with Crippen LogP contribution in [-0.4, -0.2) is 15.8 Å². The van der Waals surface area contributed by atoms with E-state index in [1.54, 1.807) is 6.92 Å². The Morgan fingerprint density at radius 1 is 1.67 bits per heavy atom. The molecule has 0 aliphatic rings. The quantitative estimate of drug-likeness (QED) is 0.451. The van der Waals surface area contributed by atoms with Crippen molar-refractivity contribution in [3.63, 3.8) is 0 Å². The molecule has 0 bridgehead atoms. The van der Waals surface area contributed by atoms with Crippen LogP contribution in [0.25, 0.3) is 6.08 Å². The Morgan fingerprint density at radius 2 is 2.40 bits per heavy atom. The number of aromatic nitrogens is 1. The average Bonchev–Trinajstić information content (AvgIpc) is 2.20. The second kappa shape index (κ2) is 5.46. The molecule has 0 N–H and O–H groups in total. The lowest BCUT2D eigenvalue weighted by Crippen LogP contribution is -1.93. The maximum absolute atomic E-state index is 10.5. The van der Waals surface area contributed by atoms with Gasteiger partial charge in [0.15, 0.2) is 0 Å². The van der Waals surface area contributed by atoms with Gasteiger partial charge in [-0.1, -0.05) is 6.08 Å². The Bertz CT molecular complexity index is 391. The number of rotatable bonds is 4. The molecule has 1 aromatic rings. The predicted molar refractivity (Wildman–Crippen MR) is 60.0 cm³/mol. The first-order chi connectivity index (χ1) is 7.15. The summed E-state index contributed by atoms with van der Waals surface area (Å²) >= 11 is 5.51. The highest BCUT2D eigenvalue weighted by Crippen LogP contribution is 2.15. The number of alkyl halides is 1. The van der Waals surface area contributed by atoms with E-state index in [-0.39, 0.29) is 5.69 Å². The van der Waals surface area contributed by atoms with Crippen molar-refractivity contribution < 1.29 is 4.92 Å². The van der Waals surface area contributed by atoms with E-state index in [0.717, 1.165) is 17.7 Å². The Morgan fingerprint density at radius 3 is 2.93 bits per heavy atom. The maximum Gasteiger partial charge on any atom is 0.287 e. The first-order valence-electron chi connectivity index (χ1n) is 4.48. The van der Waals surface area contributed by atoms with E-state index in [4.69, 9.17) is 11.6 Å². The van der Waals surface area contributed by atoms with Gasteiger partial charge in [-0.3, -0.25) is 10.1 Å². The zero-order chi connectivity index (χ0) is 11.3. The van der Waals surface area contributed by atoms with Crippen molar-refractivity contribution in [2.24, 2.45) is 0 Å². The van der Waals surface area contributed by atoms with E-state index in [0.29, 0.717) is 5.88 Å². The molecule has 1 aromatic heterocycles. The second-order valence-electron chi connectivity index (χ2n) is 3.03. The van der Waals surface area contributed by atoms with Crippen LogP contribution >= 0.6 is 11.6 Å². The van der Waals surface area contributed by atoms with E-state index in [9.17, 15) is 10.1 Å². The number of halogens is 1. The van der Waals surface area contributed by atoms with Crippen LogP contribution in [0.5, 0.6) is 0 Å². The van der Waals surface area contributed by atoms with Crippen molar-refractivity contribution in [2.75, 3.05) is 5.88 Å². The molecule has 80 valence electrons. The molecule has 1 heterocycles. The summed E-state index contributed by atoms with van der Waals surface area (Å²) in [7, 11) is 0. The fraction of sp³-hybridized carbons (Fsp3) is 0.300. The summed E-state index contributed by atoms with van der Waals surface area (Å²) in [6.45, 7) is 1.79. The molecule has 0 aromatic carbocycles. The van der Waals surface area contributed by atoms with Crippen LogP contribution in [0, 0.1) is 17.0 Å². The monoisotopic (exact) mass is 226 g/mol. The zero-order valence-corrected chi connectivity index (χ0v) is 9.07. The average molecular weight is 227 g/mol. The number of hydrogen-bond donors (Lipinski definition) is 0. The summed E-state index contributed by atoms with van der Waals surface area (Å²) in [4.78, 5) is 14.0. The molecule has 0 fully saturated rings. The summed E-state index contributed by atoms with van der Waals surface area (Å²) in [5.41, 5.74) is 1.54. The summed E-state index contributed by atoms with van der Waals surface area (Å²) in [6, 6.07) is 1.51. The van der Waals surface area contributed by atoms with Crippen LogP contribution in [0.2, 0.25) is 0 Å². The number of aryl methyl sites for hydroxylation is 1. The third kappa shape index (κ3) is 3.32. The largest absolute Gasteiger partial charge is 0.287 e. The molecular formula is C10H11ClN2O2. The Balaban J connectivity index is 2.88. The van der Waals surface area contributed by atoms with Crippen molar-refractivity contribution in [3.8, 4) is 0 Å². The van der Waals surface area contributed by atoms with Gasteiger partial charge in [-0.05, 0) is 25.0 Å². The standard InChI is InChI=1S/C10H11ClN2O2/c1-8-6-9(13(14)15)7-12-10(8)4-2-3-5-11/h2,4,6-7H,3,5H2,1H3. The molecule has 0 aliphatic heterocycles. The van der Waals surface area contributed by atoms with Crippen LogP contribution in [0.1, 0.15) is 17.7 Å². The smallest absolute Gasteiger partial charge is 0.258 e. The lowest BCUT2D eigenvalue weighted by molar-refractivity contribution is -0.385. The Labute approximate surface area is 92.7 Å². The number of nitro groups is 1. The summed E-state index contributed by atoms with van der Waals surface area (Å²) in [5.74, 6) is 0.558. The van der Waals surface area contributed by atoms with Crippen LogP contribution in [-0.2, 0) is 0 Å². The third-order valence-corrected chi connectivity index (χ3v) is 2.08. The number of nitrogens with zero attached hydrogens (tertiary/aromatic N) is 2. The predicted octanol–water partition coefficient (Wildman–Crippen LogP) is 2.94. The fourth-order valence-electron chi connectivity index (χ4n) is 1.10. The first-order valence-corrected chi connectivity index (χ1v) is 5.02. The summed E-state index contributed by atoms with van der Waals surface area (Å²) in [5, 5.41) is 10.5. The van der Waals surface area contributed by atoms with E-state index in [1.807, 2.05) is 12.2 Å². The summed E-state index contributed by atoms with van der Waals surface area (Å²) < 4.78 is 0. The van der Waals surface area contributed by atoms with E-state index < -0.39 is 4.92 Å². The zero-order valence-electron chi connectivity index (χ0n) is 8.31. The Kier molecular flexibility index (Phi) is 4.24. The van der Waals surface area contributed by atoms with Crippen LogP contribution in [0.15, 0.2) is 18.3 Å². The number of hydrogen-bond acceptors (Lipinski definition) is 3. The van der Waals surface area contributed by atoms with Gasteiger partial charge in [0.2, 0.25) is 0 Å². The van der Waals surface area contributed by atoms with Gasteiger partial charge in [0.1, 0.15) is 6.20 Å². The molecule has 0 saturated heterocycles. The third-order valence-electron chi connectivity index (χ3n) is 1.87. The van der Waals surface area contributed by atoms with Gasteiger partial charge in [0, 0.05) is 11.9 Å². The van der Waals surface area contributed by atoms with Crippen molar-refractivity contribution in [3.05, 3.63) is 39.7 Å².